The van der Waals surface area contributed by atoms with E-state index in [1.54, 1.807) is 0 Å². The number of pyridine rings is 2. The van der Waals surface area contributed by atoms with E-state index in [1.165, 1.54) is 0 Å². The van der Waals surface area contributed by atoms with Gasteiger partial charge in [-0.15, -0.1) is 0 Å². The van der Waals surface area contributed by atoms with Gasteiger partial charge in [-0.25, -0.2) is 4.98 Å². The molecule has 5 nitrogen and oxygen atoms in total. The maximum absolute atomic E-state index is 9.26. The van der Waals surface area contributed by atoms with Gasteiger partial charge in [0.05, 0.1) is 12.3 Å². The van der Waals surface area contributed by atoms with Crippen LogP contribution in [0.15, 0.2) is 48.8 Å². The van der Waals surface area contributed by atoms with Crippen LogP contribution in [0.3, 0.4) is 0 Å². The van der Waals surface area contributed by atoms with Crippen LogP contribution >= 0.6 is 11.9 Å². The summed E-state index contributed by atoms with van der Waals surface area (Å²) in [6.07, 6.45) is 8.14. The van der Waals surface area contributed by atoms with Gasteiger partial charge in [0.15, 0.2) is 0 Å². The average Bonchev–Trinajstić information content (AvgIpc) is 2.74. The molecule has 3 aromatic rings. The Morgan fingerprint density at radius 2 is 1.93 bits per heavy atom. The molecule has 1 aliphatic rings. The quantitative estimate of drug-likeness (QED) is 0.654. The predicted octanol–water partition coefficient (Wildman–Crippen LogP) is 3.94. The van der Waals surface area contributed by atoms with Crippen LogP contribution in [0.25, 0.3) is 22.0 Å². The SMILES string of the molecule is CSN1CCC(Nc2cc3c(-c4ccc(CO)cc4)nccc3cn2)CC1. The Bertz CT molecular complexity index is 908. The van der Waals surface area contributed by atoms with Gasteiger partial charge < -0.3 is 10.4 Å². The zero-order valence-corrected chi connectivity index (χ0v) is 16.2. The number of aromatic nitrogens is 2. The first-order chi connectivity index (χ1) is 13.3. The Balaban J connectivity index is 1.61. The lowest BCUT2D eigenvalue weighted by molar-refractivity contribution is 0.282. The predicted molar refractivity (Wildman–Crippen MR) is 113 cm³/mol. The molecule has 140 valence electrons. The van der Waals surface area contributed by atoms with Crippen molar-refractivity contribution in [1.29, 1.82) is 0 Å². The minimum Gasteiger partial charge on any atom is -0.392 e. The van der Waals surface area contributed by atoms with Crippen LogP contribution in [0, 0.1) is 0 Å². The molecule has 2 N–H and O–H groups in total. The molecular formula is C21H24N4OS. The normalized spacial score (nSPS) is 15.9. The Morgan fingerprint density at radius 3 is 2.63 bits per heavy atom. The van der Waals surface area contributed by atoms with Gasteiger partial charge in [0.1, 0.15) is 5.82 Å². The second-order valence-electron chi connectivity index (χ2n) is 6.84. The molecule has 0 aliphatic carbocycles. The number of benzene rings is 1. The summed E-state index contributed by atoms with van der Waals surface area (Å²) in [6, 6.07) is 12.5. The van der Waals surface area contributed by atoms with E-state index in [2.05, 4.69) is 31.9 Å². The van der Waals surface area contributed by atoms with Crippen molar-refractivity contribution in [2.45, 2.75) is 25.5 Å². The van der Waals surface area contributed by atoms with Crippen LogP contribution in [0.4, 0.5) is 5.82 Å². The summed E-state index contributed by atoms with van der Waals surface area (Å²) in [4.78, 5) is 9.23. The highest BCUT2D eigenvalue weighted by Gasteiger charge is 2.19. The fourth-order valence-electron chi connectivity index (χ4n) is 3.53. The standard InChI is InChI=1S/C21H24N4OS/c1-27-25-10-7-18(8-11-25)24-20-12-19-17(13-23-20)6-9-22-21(19)16-4-2-15(14-26)3-5-16/h2-6,9,12-13,18,26H,7-8,10-11,14H2,1H3,(H,23,24). The smallest absolute Gasteiger partial charge is 0.126 e. The molecule has 1 saturated heterocycles. The van der Waals surface area contributed by atoms with Gasteiger partial charge in [0.25, 0.3) is 0 Å². The summed E-state index contributed by atoms with van der Waals surface area (Å²) >= 11 is 1.82. The fraction of sp³-hybridized carbons (Fsp3) is 0.333. The monoisotopic (exact) mass is 380 g/mol. The molecule has 0 spiro atoms. The van der Waals surface area contributed by atoms with Gasteiger partial charge in [-0.2, -0.15) is 0 Å². The summed E-state index contributed by atoms with van der Waals surface area (Å²) in [5.74, 6) is 0.909. The topological polar surface area (TPSA) is 61.3 Å². The summed E-state index contributed by atoms with van der Waals surface area (Å²) in [5, 5.41) is 15.0. The molecule has 1 fully saturated rings. The van der Waals surface area contributed by atoms with Crippen molar-refractivity contribution in [1.82, 2.24) is 14.3 Å². The lowest BCUT2D eigenvalue weighted by Gasteiger charge is -2.30. The zero-order valence-electron chi connectivity index (χ0n) is 15.4. The first-order valence-corrected chi connectivity index (χ1v) is 10.5. The lowest BCUT2D eigenvalue weighted by Crippen LogP contribution is -2.35. The van der Waals surface area contributed by atoms with Gasteiger partial charge in [-0.3, -0.25) is 9.29 Å². The molecule has 1 aliphatic heterocycles. The van der Waals surface area contributed by atoms with Gasteiger partial charge in [0, 0.05) is 47.9 Å². The van der Waals surface area contributed by atoms with Gasteiger partial charge in [-0.1, -0.05) is 36.2 Å². The molecule has 4 rings (SSSR count). The Kier molecular flexibility index (Phi) is 5.57. The molecule has 6 heteroatoms. The molecular weight excluding hydrogens is 356 g/mol. The molecule has 0 atom stereocenters. The first kappa shape index (κ1) is 18.2. The molecule has 2 aromatic heterocycles. The van der Waals surface area contributed by atoms with E-state index in [9.17, 15) is 5.11 Å². The lowest BCUT2D eigenvalue weighted by atomic mass is 10.0. The van der Waals surface area contributed by atoms with Crippen LogP contribution in [-0.4, -0.2) is 44.8 Å². The molecule has 0 saturated carbocycles. The summed E-state index contributed by atoms with van der Waals surface area (Å²) in [5.41, 5.74) is 2.89. The maximum atomic E-state index is 9.26. The van der Waals surface area contributed by atoms with Crippen molar-refractivity contribution in [3.05, 3.63) is 54.4 Å². The molecule has 0 radical (unpaired) electrons. The molecule has 0 amide bonds. The van der Waals surface area contributed by atoms with Gasteiger partial charge in [-0.05, 0) is 36.8 Å². The van der Waals surface area contributed by atoms with Crippen LogP contribution < -0.4 is 5.32 Å². The highest BCUT2D eigenvalue weighted by molar-refractivity contribution is 7.96. The van der Waals surface area contributed by atoms with Crippen molar-refractivity contribution in [3.8, 4) is 11.3 Å². The Labute approximate surface area is 164 Å². The number of aliphatic hydroxyl groups excluding tert-OH is 1. The van der Waals surface area contributed by atoms with Crippen LogP contribution in [0.1, 0.15) is 18.4 Å². The number of rotatable bonds is 5. The van der Waals surface area contributed by atoms with Crippen molar-refractivity contribution in [2.24, 2.45) is 0 Å². The Hall–Kier alpha value is -2.15. The third kappa shape index (κ3) is 4.08. The summed E-state index contributed by atoms with van der Waals surface area (Å²) in [6.45, 7) is 2.27. The van der Waals surface area contributed by atoms with E-state index in [1.807, 2.05) is 54.7 Å². The first-order valence-electron chi connectivity index (χ1n) is 9.27. The molecule has 27 heavy (non-hydrogen) atoms. The third-order valence-electron chi connectivity index (χ3n) is 5.12. The maximum Gasteiger partial charge on any atom is 0.126 e. The second-order valence-corrected chi connectivity index (χ2v) is 7.72. The van der Waals surface area contributed by atoms with Crippen molar-refractivity contribution < 1.29 is 5.11 Å². The number of fused-ring (bicyclic) bond motifs is 1. The molecule has 0 unspecified atom stereocenters. The highest BCUT2D eigenvalue weighted by atomic mass is 32.2. The number of nitrogens with one attached hydrogen (secondary N) is 1. The van der Waals surface area contributed by atoms with Crippen LogP contribution in [-0.2, 0) is 6.61 Å². The summed E-state index contributed by atoms with van der Waals surface area (Å²) in [7, 11) is 0. The van der Waals surface area contributed by atoms with Crippen molar-refractivity contribution >= 4 is 28.5 Å². The second kappa shape index (κ2) is 8.25. The van der Waals surface area contributed by atoms with Crippen molar-refractivity contribution in [2.75, 3.05) is 24.7 Å². The van der Waals surface area contributed by atoms with Crippen molar-refractivity contribution in [3.63, 3.8) is 0 Å². The fourth-order valence-corrected chi connectivity index (χ4v) is 4.11. The minimum atomic E-state index is 0.0522. The summed E-state index contributed by atoms with van der Waals surface area (Å²) < 4.78 is 2.41. The highest BCUT2D eigenvalue weighted by Crippen LogP contribution is 2.29. The van der Waals surface area contributed by atoms with E-state index in [0.29, 0.717) is 6.04 Å². The van der Waals surface area contributed by atoms with E-state index in [4.69, 9.17) is 0 Å². The number of hydrogen-bond acceptors (Lipinski definition) is 6. The van der Waals surface area contributed by atoms with E-state index >= 15 is 0 Å². The largest absolute Gasteiger partial charge is 0.392 e. The van der Waals surface area contributed by atoms with E-state index < -0.39 is 0 Å². The number of anilines is 1. The number of aliphatic hydroxyl groups is 1. The average molecular weight is 381 g/mol. The number of piperidine rings is 1. The minimum absolute atomic E-state index is 0.0522. The van der Waals surface area contributed by atoms with Crippen LogP contribution in [0.5, 0.6) is 0 Å². The zero-order chi connectivity index (χ0) is 18.6. The van der Waals surface area contributed by atoms with Gasteiger partial charge >= 0.3 is 0 Å². The van der Waals surface area contributed by atoms with E-state index in [0.717, 1.165) is 59.3 Å². The Morgan fingerprint density at radius 1 is 1.15 bits per heavy atom. The third-order valence-corrected chi connectivity index (χ3v) is 6.00. The number of nitrogens with zero attached hydrogens (tertiary/aromatic N) is 3. The van der Waals surface area contributed by atoms with E-state index in [-0.39, 0.29) is 6.61 Å². The van der Waals surface area contributed by atoms with Crippen LogP contribution in [0.2, 0.25) is 0 Å². The van der Waals surface area contributed by atoms with Gasteiger partial charge in [0.2, 0.25) is 0 Å². The molecule has 1 aromatic carbocycles. The number of hydrogen-bond donors (Lipinski definition) is 2. The molecule has 0 bridgehead atoms. The molecule has 3 heterocycles.